The van der Waals surface area contributed by atoms with E-state index in [4.69, 9.17) is 0 Å². The molecule has 0 spiro atoms. The van der Waals surface area contributed by atoms with Crippen molar-refractivity contribution < 1.29 is 0 Å². The highest BCUT2D eigenvalue weighted by atomic mass is 79.9. The van der Waals surface area contributed by atoms with Crippen molar-refractivity contribution in [3.05, 3.63) is 34.3 Å². The van der Waals surface area contributed by atoms with E-state index in [0.717, 1.165) is 17.6 Å². The largest absolute Gasteiger partial charge is 0.313 e. The first-order valence-corrected chi connectivity index (χ1v) is 6.32. The van der Waals surface area contributed by atoms with Gasteiger partial charge in [0.2, 0.25) is 0 Å². The third-order valence-electron chi connectivity index (χ3n) is 3.61. The van der Waals surface area contributed by atoms with E-state index in [9.17, 15) is 0 Å². The molecule has 2 heterocycles. The van der Waals surface area contributed by atoms with E-state index in [1.165, 1.54) is 18.4 Å². The monoisotopic (exact) mass is 266 g/mol. The maximum Gasteiger partial charge on any atom is 0.0564 e. The van der Waals surface area contributed by atoms with Crippen LogP contribution in [-0.4, -0.2) is 19.1 Å². The molecule has 2 aliphatic rings. The fourth-order valence-corrected chi connectivity index (χ4v) is 3.07. The second kappa shape index (κ2) is 3.58. The summed E-state index contributed by atoms with van der Waals surface area (Å²) in [6.45, 7) is 2.18. The normalized spacial score (nSPS) is 34.3. The van der Waals surface area contributed by atoms with Crippen LogP contribution in [0.25, 0.3) is 0 Å². The van der Waals surface area contributed by atoms with E-state index in [1.54, 1.807) is 0 Å². The number of piperazine rings is 1. The Morgan fingerprint density at radius 2 is 2.07 bits per heavy atom. The Morgan fingerprint density at radius 1 is 1.27 bits per heavy atom. The molecule has 2 aliphatic heterocycles. The molecule has 3 rings (SSSR count). The topological polar surface area (TPSA) is 24.1 Å². The molecule has 15 heavy (non-hydrogen) atoms. The van der Waals surface area contributed by atoms with E-state index in [1.807, 2.05) is 0 Å². The lowest BCUT2D eigenvalue weighted by Crippen LogP contribution is -2.55. The number of hydrogen-bond donors (Lipinski definition) is 2. The average Bonchev–Trinajstić information content (AvgIpc) is 2.56. The van der Waals surface area contributed by atoms with Gasteiger partial charge in [-0.05, 0) is 30.5 Å². The molecule has 0 amide bonds. The second-order valence-corrected chi connectivity index (χ2v) is 5.52. The van der Waals surface area contributed by atoms with Gasteiger partial charge in [-0.15, -0.1) is 0 Å². The van der Waals surface area contributed by atoms with E-state index >= 15 is 0 Å². The zero-order chi connectivity index (χ0) is 10.3. The third kappa shape index (κ3) is 1.63. The van der Waals surface area contributed by atoms with Gasteiger partial charge in [0.25, 0.3) is 0 Å². The molecule has 2 unspecified atom stereocenters. The number of hydrogen-bond acceptors (Lipinski definition) is 2. The van der Waals surface area contributed by atoms with Crippen molar-refractivity contribution in [2.75, 3.05) is 13.1 Å². The van der Waals surface area contributed by atoms with Gasteiger partial charge in [0, 0.05) is 23.6 Å². The number of benzene rings is 1. The number of rotatable bonds is 1. The molecule has 2 bridgehead atoms. The molecule has 2 saturated heterocycles. The average molecular weight is 267 g/mol. The van der Waals surface area contributed by atoms with Crippen LogP contribution in [-0.2, 0) is 5.54 Å². The Balaban J connectivity index is 1.95. The fourth-order valence-electron chi connectivity index (χ4n) is 2.81. The van der Waals surface area contributed by atoms with Crippen LogP contribution in [0.4, 0.5) is 0 Å². The minimum absolute atomic E-state index is 0.198. The Bertz CT molecular complexity index is 358. The first-order valence-electron chi connectivity index (χ1n) is 5.53. The summed E-state index contributed by atoms with van der Waals surface area (Å²) < 4.78 is 1.15. The van der Waals surface area contributed by atoms with Crippen molar-refractivity contribution in [2.45, 2.75) is 24.4 Å². The van der Waals surface area contributed by atoms with Gasteiger partial charge < -0.3 is 10.6 Å². The maximum atomic E-state index is 3.76. The van der Waals surface area contributed by atoms with Crippen molar-refractivity contribution in [1.29, 1.82) is 0 Å². The molecule has 2 fully saturated rings. The molecule has 0 radical (unpaired) electrons. The van der Waals surface area contributed by atoms with Crippen LogP contribution in [0.2, 0.25) is 0 Å². The van der Waals surface area contributed by atoms with Crippen LogP contribution in [0.5, 0.6) is 0 Å². The van der Waals surface area contributed by atoms with Gasteiger partial charge in [0.05, 0.1) is 5.54 Å². The molecule has 0 aromatic heterocycles. The number of nitrogens with one attached hydrogen (secondary N) is 2. The minimum Gasteiger partial charge on any atom is -0.313 e. The van der Waals surface area contributed by atoms with E-state index < -0.39 is 0 Å². The summed E-state index contributed by atoms with van der Waals surface area (Å²) >= 11 is 3.48. The second-order valence-electron chi connectivity index (χ2n) is 4.60. The zero-order valence-corrected chi connectivity index (χ0v) is 10.2. The van der Waals surface area contributed by atoms with Crippen molar-refractivity contribution in [2.24, 2.45) is 0 Å². The number of fused-ring (bicyclic) bond motifs is 2. The van der Waals surface area contributed by atoms with E-state index in [2.05, 4.69) is 50.8 Å². The van der Waals surface area contributed by atoms with Crippen LogP contribution < -0.4 is 10.6 Å². The summed E-state index contributed by atoms with van der Waals surface area (Å²) in [7, 11) is 0. The summed E-state index contributed by atoms with van der Waals surface area (Å²) in [5.41, 5.74) is 1.62. The van der Waals surface area contributed by atoms with Crippen molar-refractivity contribution in [3.8, 4) is 0 Å². The SMILES string of the molecule is Brc1ccc(C23CCC(CNC2)N3)cc1. The molecule has 1 aromatic carbocycles. The standard InChI is InChI=1S/C12H15BrN2/c13-10-3-1-9(2-4-10)12-6-5-11(15-12)7-14-8-12/h1-4,11,14-15H,5-8H2. The van der Waals surface area contributed by atoms with Crippen LogP contribution >= 0.6 is 15.9 Å². The van der Waals surface area contributed by atoms with Crippen LogP contribution in [0.15, 0.2) is 28.7 Å². The highest BCUT2D eigenvalue weighted by Gasteiger charge is 2.42. The first-order chi connectivity index (χ1) is 7.28. The van der Waals surface area contributed by atoms with Gasteiger partial charge in [-0.1, -0.05) is 28.1 Å². The third-order valence-corrected chi connectivity index (χ3v) is 4.14. The van der Waals surface area contributed by atoms with Gasteiger partial charge in [-0.2, -0.15) is 0 Å². The summed E-state index contributed by atoms with van der Waals surface area (Å²) in [5, 5.41) is 7.29. The molecule has 2 N–H and O–H groups in total. The molecule has 2 atom stereocenters. The molecule has 80 valence electrons. The van der Waals surface area contributed by atoms with Crippen LogP contribution in [0, 0.1) is 0 Å². The Morgan fingerprint density at radius 3 is 2.87 bits per heavy atom. The molecule has 0 aliphatic carbocycles. The van der Waals surface area contributed by atoms with Crippen molar-refractivity contribution in [1.82, 2.24) is 10.6 Å². The summed E-state index contributed by atoms with van der Waals surface area (Å²) in [6.07, 6.45) is 2.55. The first kappa shape index (κ1) is 9.82. The Labute approximate surface area is 98.6 Å². The minimum atomic E-state index is 0.198. The van der Waals surface area contributed by atoms with Gasteiger partial charge in [-0.25, -0.2) is 0 Å². The summed E-state index contributed by atoms with van der Waals surface area (Å²) in [6, 6.07) is 9.39. The Kier molecular flexibility index (Phi) is 2.34. The molecule has 2 nitrogen and oxygen atoms in total. The fraction of sp³-hybridized carbons (Fsp3) is 0.500. The lowest BCUT2D eigenvalue weighted by molar-refractivity contribution is 0.300. The molecule has 1 aromatic rings. The molecule has 0 saturated carbocycles. The quantitative estimate of drug-likeness (QED) is 0.813. The zero-order valence-electron chi connectivity index (χ0n) is 8.59. The summed E-state index contributed by atoms with van der Waals surface area (Å²) in [4.78, 5) is 0. The smallest absolute Gasteiger partial charge is 0.0564 e. The Hall–Kier alpha value is -0.380. The molecule has 3 heteroatoms. The summed E-state index contributed by atoms with van der Waals surface area (Å²) in [5.74, 6) is 0. The lowest BCUT2D eigenvalue weighted by Gasteiger charge is -2.35. The van der Waals surface area contributed by atoms with Gasteiger partial charge in [-0.3, -0.25) is 0 Å². The van der Waals surface area contributed by atoms with E-state index in [-0.39, 0.29) is 5.54 Å². The van der Waals surface area contributed by atoms with Crippen molar-refractivity contribution in [3.63, 3.8) is 0 Å². The predicted molar refractivity (Wildman–Crippen MR) is 64.8 cm³/mol. The van der Waals surface area contributed by atoms with Crippen LogP contribution in [0.1, 0.15) is 18.4 Å². The molecular formula is C12H15BrN2. The highest BCUT2D eigenvalue weighted by Crippen LogP contribution is 2.35. The predicted octanol–water partition coefficient (Wildman–Crippen LogP) is 2.00. The highest BCUT2D eigenvalue weighted by molar-refractivity contribution is 9.10. The molecular weight excluding hydrogens is 252 g/mol. The lowest BCUT2D eigenvalue weighted by atomic mass is 9.88. The van der Waals surface area contributed by atoms with Gasteiger partial charge in [0.15, 0.2) is 0 Å². The maximum absolute atomic E-state index is 3.76. The van der Waals surface area contributed by atoms with Gasteiger partial charge >= 0.3 is 0 Å². The van der Waals surface area contributed by atoms with Crippen LogP contribution in [0.3, 0.4) is 0 Å². The van der Waals surface area contributed by atoms with Gasteiger partial charge in [0.1, 0.15) is 0 Å². The van der Waals surface area contributed by atoms with Crippen molar-refractivity contribution >= 4 is 15.9 Å². The number of halogens is 1. The van der Waals surface area contributed by atoms with E-state index in [0.29, 0.717) is 6.04 Å².